The van der Waals surface area contributed by atoms with E-state index in [-0.39, 0.29) is 12.8 Å². The van der Waals surface area contributed by atoms with Crippen LogP contribution in [-0.2, 0) is 16.0 Å². The highest BCUT2D eigenvalue weighted by atomic mass is 19.1. The Labute approximate surface area is 206 Å². The lowest BCUT2D eigenvalue weighted by Gasteiger charge is -2.28. The number of anilines is 1. The Kier molecular flexibility index (Phi) is 6.90. The quantitative estimate of drug-likeness (QED) is 0.331. The molecule has 1 saturated heterocycles. The highest BCUT2D eigenvalue weighted by Crippen LogP contribution is 2.33. The number of aryl methyl sites for hydroxylation is 1. The van der Waals surface area contributed by atoms with Gasteiger partial charge in [0.2, 0.25) is 5.82 Å². The minimum Gasteiger partial charge on any atom is -0.443 e. The van der Waals surface area contributed by atoms with E-state index >= 15 is 4.39 Å². The molecule has 0 radical (unpaired) electrons. The fourth-order valence-electron chi connectivity index (χ4n) is 4.07. The molecule has 3 heterocycles. The second kappa shape index (κ2) is 9.76. The Balaban J connectivity index is 1.76. The summed E-state index contributed by atoms with van der Waals surface area (Å²) >= 11 is 0. The molecule has 10 nitrogen and oxygen atoms in total. The first-order chi connectivity index (χ1) is 17.0. The predicted octanol–water partition coefficient (Wildman–Crippen LogP) is 5.57. The third kappa shape index (κ3) is 5.13. The Morgan fingerprint density at radius 3 is 2.72 bits per heavy atom. The van der Waals surface area contributed by atoms with E-state index in [0.29, 0.717) is 39.9 Å². The van der Waals surface area contributed by atoms with Crippen LogP contribution in [0, 0.1) is 28.7 Å². The number of benzene rings is 1. The van der Waals surface area contributed by atoms with Crippen LogP contribution in [0.3, 0.4) is 0 Å². The van der Waals surface area contributed by atoms with Gasteiger partial charge in [0.1, 0.15) is 11.3 Å². The van der Waals surface area contributed by atoms with Crippen LogP contribution in [0.25, 0.3) is 11.0 Å². The summed E-state index contributed by atoms with van der Waals surface area (Å²) in [6.45, 7) is 6.89. The molecule has 1 fully saturated rings. The van der Waals surface area contributed by atoms with Crippen molar-refractivity contribution in [3.8, 4) is 0 Å². The van der Waals surface area contributed by atoms with Crippen molar-refractivity contribution in [1.82, 2.24) is 14.8 Å². The van der Waals surface area contributed by atoms with Gasteiger partial charge in [-0.3, -0.25) is 15.0 Å². The molecule has 0 saturated carbocycles. The highest BCUT2D eigenvalue weighted by Gasteiger charge is 2.32. The van der Waals surface area contributed by atoms with Gasteiger partial charge in [0, 0.05) is 24.3 Å². The number of nitrogens with zero attached hydrogens (tertiary/aromatic N) is 5. The van der Waals surface area contributed by atoms with E-state index in [1.807, 2.05) is 0 Å². The summed E-state index contributed by atoms with van der Waals surface area (Å²) in [5.74, 6) is -2.62. The number of pyridine rings is 1. The SMILES string of the molecule is Cc1nn(C2CCCCO2)c2ncc(CN(C(=O)OC(C)(C)C)c3c(F)ccc([N+](=O)[O-])c3F)cc12. The second-order valence-electron chi connectivity index (χ2n) is 9.62. The van der Waals surface area contributed by atoms with Crippen LogP contribution in [0.1, 0.15) is 57.5 Å². The molecule has 1 aliphatic heterocycles. The van der Waals surface area contributed by atoms with Crippen LogP contribution in [0.15, 0.2) is 24.4 Å². The molecule has 0 spiro atoms. The predicted molar refractivity (Wildman–Crippen MR) is 127 cm³/mol. The molecule has 0 bridgehead atoms. The summed E-state index contributed by atoms with van der Waals surface area (Å²) in [7, 11) is 0. The van der Waals surface area contributed by atoms with E-state index in [2.05, 4.69) is 10.1 Å². The normalized spacial score (nSPS) is 16.2. The van der Waals surface area contributed by atoms with Crippen molar-refractivity contribution in [3.05, 3.63) is 57.4 Å². The number of rotatable bonds is 5. The lowest BCUT2D eigenvalue weighted by Crippen LogP contribution is -2.37. The van der Waals surface area contributed by atoms with Gasteiger partial charge in [-0.15, -0.1) is 0 Å². The molecule has 3 aromatic rings. The van der Waals surface area contributed by atoms with Crippen LogP contribution >= 0.6 is 0 Å². The molecular formula is C24H27F2N5O5. The lowest BCUT2D eigenvalue weighted by molar-refractivity contribution is -0.387. The molecule has 1 aliphatic rings. The van der Waals surface area contributed by atoms with Crippen molar-refractivity contribution in [3.63, 3.8) is 0 Å². The number of fused-ring (bicyclic) bond motifs is 1. The zero-order valence-electron chi connectivity index (χ0n) is 20.5. The van der Waals surface area contributed by atoms with E-state index in [9.17, 15) is 19.3 Å². The molecule has 2 aromatic heterocycles. The third-order valence-electron chi connectivity index (χ3n) is 5.68. The third-order valence-corrected chi connectivity index (χ3v) is 5.68. The van der Waals surface area contributed by atoms with Crippen molar-refractivity contribution in [2.75, 3.05) is 11.5 Å². The first-order valence-corrected chi connectivity index (χ1v) is 11.5. The second-order valence-corrected chi connectivity index (χ2v) is 9.62. The molecule has 12 heteroatoms. The monoisotopic (exact) mass is 503 g/mol. The molecule has 1 aromatic carbocycles. The van der Waals surface area contributed by atoms with Crippen LogP contribution in [-0.4, -0.2) is 38.0 Å². The molecule has 36 heavy (non-hydrogen) atoms. The van der Waals surface area contributed by atoms with Crippen LogP contribution in [0.5, 0.6) is 0 Å². The molecule has 0 aliphatic carbocycles. The average molecular weight is 504 g/mol. The lowest BCUT2D eigenvalue weighted by atomic mass is 10.1. The van der Waals surface area contributed by atoms with Crippen LogP contribution in [0.2, 0.25) is 0 Å². The van der Waals surface area contributed by atoms with Gasteiger partial charge in [-0.25, -0.2) is 18.9 Å². The van der Waals surface area contributed by atoms with Gasteiger partial charge in [0.15, 0.2) is 17.7 Å². The molecule has 1 unspecified atom stereocenters. The van der Waals surface area contributed by atoms with Crippen molar-refractivity contribution in [2.45, 2.75) is 65.3 Å². The highest BCUT2D eigenvalue weighted by molar-refractivity contribution is 5.89. The molecule has 0 N–H and O–H groups in total. The summed E-state index contributed by atoms with van der Waals surface area (Å²) in [6.07, 6.45) is 2.96. The Hall–Kier alpha value is -3.67. The van der Waals surface area contributed by atoms with Gasteiger partial charge in [-0.1, -0.05) is 0 Å². The number of aromatic nitrogens is 3. The summed E-state index contributed by atoms with van der Waals surface area (Å²) < 4.78 is 42.8. The van der Waals surface area contributed by atoms with Gasteiger partial charge >= 0.3 is 11.8 Å². The standard InChI is InChI=1S/C24H27F2N5O5/c1-14-16-11-15(12-27-22(16)30(28-14)19-7-5-6-10-35-19)13-29(23(32)36-24(2,3)4)21-17(25)8-9-18(20(21)26)31(33)34/h8-9,11-12,19H,5-7,10,13H2,1-4H3. The zero-order chi connectivity index (χ0) is 26.2. The van der Waals surface area contributed by atoms with Crippen molar-refractivity contribution < 1.29 is 28.0 Å². The van der Waals surface area contributed by atoms with Gasteiger partial charge in [-0.05, 0) is 64.7 Å². The molecule has 1 atom stereocenters. The smallest absolute Gasteiger partial charge is 0.415 e. The van der Waals surface area contributed by atoms with E-state index in [4.69, 9.17) is 9.47 Å². The number of hydrogen-bond acceptors (Lipinski definition) is 7. The minimum atomic E-state index is -1.47. The zero-order valence-corrected chi connectivity index (χ0v) is 20.5. The Morgan fingerprint density at radius 2 is 2.08 bits per heavy atom. The van der Waals surface area contributed by atoms with Gasteiger partial charge in [-0.2, -0.15) is 9.49 Å². The van der Waals surface area contributed by atoms with E-state index in [1.54, 1.807) is 38.4 Å². The topological polar surface area (TPSA) is 113 Å². The number of halogens is 2. The summed E-state index contributed by atoms with van der Waals surface area (Å²) in [5.41, 5.74) is -1.14. The number of ether oxygens (including phenoxy) is 2. The number of carbonyl (C=O) groups is 1. The average Bonchev–Trinajstić information content (AvgIpc) is 3.13. The number of amides is 1. The summed E-state index contributed by atoms with van der Waals surface area (Å²) in [6, 6.07) is 3.17. The van der Waals surface area contributed by atoms with Crippen LogP contribution in [0.4, 0.5) is 25.0 Å². The first-order valence-electron chi connectivity index (χ1n) is 11.5. The first kappa shape index (κ1) is 25.4. The van der Waals surface area contributed by atoms with Crippen molar-refractivity contribution in [2.24, 2.45) is 0 Å². The number of nitro groups is 1. The molecule has 192 valence electrons. The van der Waals surface area contributed by atoms with Crippen LogP contribution < -0.4 is 4.90 Å². The van der Waals surface area contributed by atoms with E-state index in [0.717, 1.165) is 25.3 Å². The fourth-order valence-corrected chi connectivity index (χ4v) is 4.07. The fraction of sp³-hybridized carbons (Fsp3) is 0.458. The molecular weight excluding hydrogens is 476 g/mol. The summed E-state index contributed by atoms with van der Waals surface area (Å²) in [5, 5.41) is 16.5. The van der Waals surface area contributed by atoms with Crippen molar-refractivity contribution in [1.29, 1.82) is 0 Å². The van der Waals surface area contributed by atoms with Crippen molar-refractivity contribution >= 4 is 28.5 Å². The van der Waals surface area contributed by atoms with E-state index < -0.39 is 39.6 Å². The Morgan fingerprint density at radius 1 is 1.33 bits per heavy atom. The molecule has 1 amide bonds. The van der Waals surface area contributed by atoms with Gasteiger partial charge in [0.05, 0.1) is 17.2 Å². The van der Waals surface area contributed by atoms with Gasteiger partial charge in [0.25, 0.3) is 0 Å². The molecule has 4 rings (SSSR count). The summed E-state index contributed by atoms with van der Waals surface area (Å²) in [4.78, 5) is 28.5. The maximum Gasteiger partial charge on any atom is 0.415 e. The van der Waals surface area contributed by atoms with Gasteiger partial charge < -0.3 is 9.47 Å². The maximum absolute atomic E-state index is 15.1. The minimum absolute atomic E-state index is 0.236. The number of nitro benzene ring substituents is 1. The Bertz CT molecular complexity index is 1310. The van der Waals surface area contributed by atoms with E-state index in [1.165, 1.54) is 6.20 Å². The maximum atomic E-state index is 15.1. The largest absolute Gasteiger partial charge is 0.443 e. The number of carbonyl (C=O) groups excluding carboxylic acids is 1. The number of hydrogen-bond donors (Lipinski definition) is 0.